The van der Waals surface area contributed by atoms with Crippen molar-refractivity contribution in [1.82, 2.24) is 10.1 Å². The summed E-state index contributed by atoms with van der Waals surface area (Å²) in [6.07, 6.45) is 0.638. The van der Waals surface area contributed by atoms with Gasteiger partial charge in [-0.25, -0.2) is 0 Å². The molecule has 0 aliphatic carbocycles. The topological polar surface area (TPSA) is 77.2 Å². The number of ether oxygens (including phenoxy) is 1. The Hall–Kier alpha value is -3.15. The summed E-state index contributed by atoms with van der Waals surface area (Å²) >= 11 is 0. The van der Waals surface area contributed by atoms with Crippen LogP contribution in [0.25, 0.3) is 11.4 Å². The number of benzene rings is 2. The summed E-state index contributed by atoms with van der Waals surface area (Å²) in [6, 6.07) is 13.4. The van der Waals surface area contributed by atoms with E-state index in [1.807, 2.05) is 50.2 Å². The Morgan fingerprint density at radius 1 is 1.15 bits per heavy atom. The number of hydrogen-bond donors (Lipinski definition) is 1. The standard InChI is InChI=1S/C20H21N3O3/c1-13-10-14(2)12-15(11-13)21-18(24)8-9-19-22-20(23-26-19)16-6-4-5-7-17(16)25-3/h4-7,10-12H,8-9H2,1-3H3,(H,21,24). The molecule has 0 unspecified atom stereocenters. The molecule has 0 radical (unpaired) electrons. The number of aryl methyl sites for hydroxylation is 3. The fourth-order valence-corrected chi connectivity index (χ4v) is 2.79. The van der Waals surface area contributed by atoms with Crippen LogP contribution in [0.5, 0.6) is 5.75 Å². The van der Waals surface area contributed by atoms with E-state index in [-0.39, 0.29) is 12.3 Å². The minimum atomic E-state index is -0.0907. The molecule has 1 N–H and O–H groups in total. The number of amides is 1. The average molecular weight is 351 g/mol. The van der Waals surface area contributed by atoms with E-state index in [0.717, 1.165) is 22.4 Å². The Kier molecular flexibility index (Phi) is 5.31. The lowest BCUT2D eigenvalue weighted by molar-refractivity contribution is -0.116. The van der Waals surface area contributed by atoms with Crippen LogP contribution in [0, 0.1) is 13.8 Å². The smallest absolute Gasteiger partial charge is 0.227 e. The maximum atomic E-state index is 12.2. The number of nitrogens with one attached hydrogen (secondary N) is 1. The fourth-order valence-electron chi connectivity index (χ4n) is 2.79. The van der Waals surface area contributed by atoms with Crippen molar-refractivity contribution < 1.29 is 14.1 Å². The Morgan fingerprint density at radius 3 is 2.62 bits per heavy atom. The highest BCUT2D eigenvalue weighted by Gasteiger charge is 2.14. The summed E-state index contributed by atoms with van der Waals surface area (Å²) in [6.45, 7) is 4.00. The second-order valence-electron chi connectivity index (χ2n) is 6.14. The van der Waals surface area contributed by atoms with Gasteiger partial charge in [0.2, 0.25) is 17.6 Å². The van der Waals surface area contributed by atoms with E-state index in [2.05, 4.69) is 21.5 Å². The maximum absolute atomic E-state index is 12.2. The van der Waals surface area contributed by atoms with Crippen molar-refractivity contribution in [3.8, 4) is 17.1 Å². The van der Waals surface area contributed by atoms with Crippen LogP contribution in [-0.4, -0.2) is 23.2 Å². The Morgan fingerprint density at radius 2 is 1.88 bits per heavy atom. The summed E-state index contributed by atoms with van der Waals surface area (Å²) in [4.78, 5) is 16.5. The quantitative estimate of drug-likeness (QED) is 0.728. The van der Waals surface area contributed by atoms with Gasteiger partial charge in [0, 0.05) is 18.5 Å². The molecule has 3 rings (SSSR count). The van der Waals surface area contributed by atoms with E-state index >= 15 is 0 Å². The molecule has 0 saturated heterocycles. The van der Waals surface area contributed by atoms with Gasteiger partial charge < -0.3 is 14.6 Å². The lowest BCUT2D eigenvalue weighted by atomic mass is 10.1. The molecular formula is C20H21N3O3. The van der Waals surface area contributed by atoms with Crippen LogP contribution >= 0.6 is 0 Å². The van der Waals surface area contributed by atoms with Gasteiger partial charge in [0.25, 0.3) is 0 Å². The van der Waals surface area contributed by atoms with Gasteiger partial charge in [-0.2, -0.15) is 4.98 Å². The number of aromatic nitrogens is 2. The maximum Gasteiger partial charge on any atom is 0.227 e. The van der Waals surface area contributed by atoms with Crippen LogP contribution in [0.1, 0.15) is 23.4 Å². The van der Waals surface area contributed by atoms with Crippen molar-refractivity contribution >= 4 is 11.6 Å². The van der Waals surface area contributed by atoms with Crippen molar-refractivity contribution in [2.75, 3.05) is 12.4 Å². The van der Waals surface area contributed by atoms with Gasteiger partial charge >= 0.3 is 0 Å². The summed E-state index contributed by atoms with van der Waals surface area (Å²) in [5.74, 6) is 1.45. The minimum Gasteiger partial charge on any atom is -0.496 e. The molecule has 0 atom stereocenters. The molecule has 0 aliphatic rings. The molecule has 6 heteroatoms. The Bertz CT molecular complexity index is 898. The largest absolute Gasteiger partial charge is 0.496 e. The van der Waals surface area contributed by atoms with E-state index in [9.17, 15) is 4.79 Å². The molecule has 1 aromatic heterocycles. The molecule has 26 heavy (non-hydrogen) atoms. The van der Waals surface area contributed by atoms with Gasteiger partial charge in [0.05, 0.1) is 12.7 Å². The summed E-state index contributed by atoms with van der Waals surface area (Å²) in [5, 5.41) is 6.88. The molecule has 0 spiro atoms. The molecule has 2 aromatic carbocycles. The number of nitrogens with zero attached hydrogens (tertiary/aromatic N) is 2. The summed E-state index contributed by atoms with van der Waals surface area (Å²) in [7, 11) is 1.59. The first-order valence-corrected chi connectivity index (χ1v) is 8.39. The lowest BCUT2D eigenvalue weighted by Gasteiger charge is -2.06. The fraction of sp³-hybridized carbons (Fsp3) is 0.250. The van der Waals surface area contributed by atoms with Crippen LogP contribution in [0.15, 0.2) is 47.0 Å². The zero-order valence-corrected chi connectivity index (χ0v) is 15.1. The number of methoxy groups -OCH3 is 1. The minimum absolute atomic E-state index is 0.0907. The first-order valence-electron chi connectivity index (χ1n) is 8.39. The number of rotatable bonds is 6. The number of anilines is 1. The van der Waals surface area contributed by atoms with E-state index in [0.29, 0.717) is 23.9 Å². The van der Waals surface area contributed by atoms with Crippen molar-refractivity contribution in [2.24, 2.45) is 0 Å². The second kappa shape index (κ2) is 7.82. The zero-order valence-electron chi connectivity index (χ0n) is 15.1. The predicted octanol–water partition coefficient (Wildman–Crippen LogP) is 3.93. The van der Waals surface area contributed by atoms with Gasteiger partial charge in [-0.05, 0) is 49.2 Å². The normalized spacial score (nSPS) is 10.6. The summed E-state index contributed by atoms with van der Waals surface area (Å²) < 4.78 is 10.6. The third-order valence-electron chi connectivity index (χ3n) is 3.89. The molecule has 6 nitrogen and oxygen atoms in total. The molecule has 0 fully saturated rings. The molecule has 3 aromatic rings. The van der Waals surface area contributed by atoms with E-state index < -0.39 is 0 Å². The monoisotopic (exact) mass is 351 g/mol. The summed E-state index contributed by atoms with van der Waals surface area (Å²) in [5.41, 5.74) is 3.77. The van der Waals surface area contributed by atoms with Crippen molar-refractivity contribution in [1.29, 1.82) is 0 Å². The van der Waals surface area contributed by atoms with Gasteiger partial charge in [-0.1, -0.05) is 23.4 Å². The van der Waals surface area contributed by atoms with Gasteiger partial charge in [0.1, 0.15) is 5.75 Å². The third-order valence-corrected chi connectivity index (χ3v) is 3.89. The van der Waals surface area contributed by atoms with E-state index in [1.165, 1.54) is 0 Å². The SMILES string of the molecule is COc1ccccc1-c1noc(CCC(=O)Nc2cc(C)cc(C)c2)n1. The number of para-hydroxylation sites is 1. The average Bonchev–Trinajstić information content (AvgIpc) is 3.08. The van der Waals surface area contributed by atoms with Crippen molar-refractivity contribution in [2.45, 2.75) is 26.7 Å². The van der Waals surface area contributed by atoms with Crippen LogP contribution in [-0.2, 0) is 11.2 Å². The van der Waals surface area contributed by atoms with E-state index in [1.54, 1.807) is 7.11 Å². The van der Waals surface area contributed by atoms with Gasteiger partial charge in [0.15, 0.2) is 0 Å². The Labute approximate surface area is 152 Å². The molecule has 134 valence electrons. The van der Waals surface area contributed by atoms with Gasteiger partial charge in [-0.3, -0.25) is 4.79 Å². The van der Waals surface area contributed by atoms with E-state index in [4.69, 9.17) is 9.26 Å². The highest BCUT2D eigenvalue weighted by molar-refractivity contribution is 5.91. The van der Waals surface area contributed by atoms with Crippen LogP contribution in [0.4, 0.5) is 5.69 Å². The van der Waals surface area contributed by atoms with Crippen molar-refractivity contribution in [3.05, 3.63) is 59.5 Å². The molecule has 0 aliphatic heterocycles. The van der Waals surface area contributed by atoms with Crippen LogP contribution < -0.4 is 10.1 Å². The number of hydrogen-bond acceptors (Lipinski definition) is 5. The molecule has 1 amide bonds. The van der Waals surface area contributed by atoms with Gasteiger partial charge in [-0.15, -0.1) is 0 Å². The number of carbonyl (C=O) groups excluding carboxylic acids is 1. The second-order valence-corrected chi connectivity index (χ2v) is 6.14. The third kappa shape index (κ3) is 4.27. The van der Waals surface area contributed by atoms with Crippen LogP contribution in [0.3, 0.4) is 0 Å². The Balaban J connectivity index is 1.62. The molecule has 1 heterocycles. The lowest BCUT2D eigenvalue weighted by Crippen LogP contribution is -2.12. The first kappa shape index (κ1) is 17.7. The first-order chi connectivity index (χ1) is 12.5. The highest BCUT2D eigenvalue weighted by Crippen LogP contribution is 2.27. The molecular weight excluding hydrogens is 330 g/mol. The number of carbonyl (C=O) groups is 1. The molecule has 0 bridgehead atoms. The molecule has 0 saturated carbocycles. The van der Waals surface area contributed by atoms with Crippen LogP contribution in [0.2, 0.25) is 0 Å². The highest BCUT2D eigenvalue weighted by atomic mass is 16.5. The predicted molar refractivity (Wildman–Crippen MR) is 99.2 cm³/mol. The zero-order chi connectivity index (χ0) is 18.5. The van der Waals surface area contributed by atoms with Crippen molar-refractivity contribution in [3.63, 3.8) is 0 Å².